The van der Waals surface area contributed by atoms with Crippen molar-refractivity contribution >= 4 is 33.6 Å². The summed E-state index contributed by atoms with van der Waals surface area (Å²) in [6.07, 6.45) is 1.16. The first-order valence-electron chi connectivity index (χ1n) is 9.38. The molecular weight excluding hydrogens is 380 g/mol. The van der Waals surface area contributed by atoms with Crippen molar-refractivity contribution < 1.29 is 14.3 Å². The number of aryl methyl sites for hydroxylation is 2. The highest BCUT2D eigenvalue weighted by Gasteiger charge is 2.30. The molecule has 0 saturated carbocycles. The van der Waals surface area contributed by atoms with E-state index in [0.717, 1.165) is 0 Å². The van der Waals surface area contributed by atoms with Crippen molar-refractivity contribution in [2.45, 2.75) is 46.8 Å². The Morgan fingerprint density at radius 3 is 2.36 bits per heavy atom. The maximum atomic E-state index is 13.0. The van der Waals surface area contributed by atoms with E-state index in [1.807, 2.05) is 27.7 Å². The van der Waals surface area contributed by atoms with Crippen LogP contribution in [0, 0.1) is 6.92 Å². The van der Waals surface area contributed by atoms with Gasteiger partial charge in [-0.2, -0.15) is 0 Å². The minimum atomic E-state index is -0.545. The third kappa shape index (κ3) is 3.89. The van der Waals surface area contributed by atoms with E-state index >= 15 is 0 Å². The van der Waals surface area contributed by atoms with Gasteiger partial charge in [-0.15, -0.1) is 11.3 Å². The van der Waals surface area contributed by atoms with Crippen LogP contribution in [-0.4, -0.2) is 63.1 Å². The monoisotopic (exact) mass is 406 g/mol. The van der Waals surface area contributed by atoms with Crippen molar-refractivity contribution in [3.63, 3.8) is 0 Å². The van der Waals surface area contributed by atoms with Crippen molar-refractivity contribution in [2.24, 2.45) is 0 Å². The molecule has 0 aliphatic carbocycles. The van der Waals surface area contributed by atoms with E-state index in [9.17, 15) is 14.4 Å². The topological polar surface area (TPSA) is 84.7 Å². The number of carbonyl (C=O) groups is 2. The second-order valence-electron chi connectivity index (χ2n) is 7.83. The summed E-state index contributed by atoms with van der Waals surface area (Å²) in [7, 11) is 0. The smallest absolute Gasteiger partial charge is 0.410 e. The molecule has 0 N–H and O–H groups in total. The Morgan fingerprint density at radius 1 is 1.18 bits per heavy atom. The van der Waals surface area contributed by atoms with Crippen LogP contribution in [0.5, 0.6) is 0 Å². The van der Waals surface area contributed by atoms with Crippen LogP contribution >= 0.6 is 11.3 Å². The zero-order valence-electron chi connectivity index (χ0n) is 16.9. The number of nitrogens with zero attached hydrogens (tertiary/aromatic N) is 4. The molecular formula is C19H26N4O4S. The van der Waals surface area contributed by atoms with Gasteiger partial charge in [0, 0.05) is 32.7 Å². The van der Waals surface area contributed by atoms with E-state index in [1.54, 1.807) is 16.7 Å². The quantitative estimate of drug-likeness (QED) is 0.765. The number of ether oxygens (including phenoxy) is 1. The lowest BCUT2D eigenvalue weighted by atomic mass is 10.2. The lowest BCUT2D eigenvalue weighted by molar-refractivity contribution is 0.0141. The fraction of sp³-hybridized carbons (Fsp3) is 0.579. The SMILES string of the molecule is CCn1cnc2sc(C(=O)N3CCN(C(=O)OC(C)(C)C)CC3)c(C)c2c1=O. The largest absolute Gasteiger partial charge is 0.444 e. The average molecular weight is 407 g/mol. The van der Waals surface area contributed by atoms with Crippen molar-refractivity contribution in [1.82, 2.24) is 19.4 Å². The van der Waals surface area contributed by atoms with Gasteiger partial charge < -0.3 is 14.5 Å². The molecule has 152 valence electrons. The standard InChI is InChI=1S/C19H26N4O4S/c1-6-21-11-20-15-13(16(21)24)12(2)14(28-15)17(25)22-7-9-23(10-8-22)18(26)27-19(3,4)5/h11H,6-10H2,1-5H3. The average Bonchev–Trinajstić information content (AvgIpc) is 2.97. The number of aromatic nitrogens is 2. The van der Waals surface area contributed by atoms with Gasteiger partial charge in [0.15, 0.2) is 0 Å². The molecule has 3 rings (SSSR count). The zero-order valence-corrected chi connectivity index (χ0v) is 17.8. The molecule has 0 atom stereocenters. The minimum absolute atomic E-state index is 0.116. The zero-order chi connectivity index (χ0) is 20.6. The van der Waals surface area contributed by atoms with E-state index in [0.29, 0.717) is 53.4 Å². The van der Waals surface area contributed by atoms with Gasteiger partial charge in [0.25, 0.3) is 11.5 Å². The Kier molecular flexibility index (Phi) is 5.47. The Morgan fingerprint density at radius 2 is 1.79 bits per heavy atom. The van der Waals surface area contributed by atoms with Crippen LogP contribution in [0.4, 0.5) is 4.79 Å². The van der Waals surface area contributed by atoms with Crippen LogP contribution in [0.1, 0.15) is 42.9 Å². The summed E-state index contributed by atoms with van der Waals surface area (Å²) in [5, 5.41) is 0.519. The highest BCUT2D eigenvalue weighted by Crippen LogP contribution is 2.28. The first-order chi connectivity index (χ1) is 13.1. The number of fused-ring (bicyclic) bond motifs is 1. The van der Waals surface area contributed by atoms with Crippen molar-refractivity contribution in [1.29, 1.82) is 0 Å². The first-order valence-corrected chi connectivity index (χ1v) is 10.2. The van der Waals surface area contributed by atoms with E-state index in [4.69, 9.17) is 4.74 Å². The van der Waals surface area contributed by atoms with Crippen LogP contribution in [0.15, 0.2) is 11.1 Å². The van der Waals surface area contributed by atoms with Gasteiger partial charge >= 0.3 is 6.09 Å². The summed E-state index contributed by atoms with van der Waals surface area (Å²) >= 11 is 1.25. The Hall–Kier alpha value is -2.42. The van der Waals surface area contributed by atoms with Crippen LogP contribution in [0.2, 0.25) is 0 Å². The highest BCUT2D eigenvalue weighted by molar-refractivity contribution is 7.20. The van der Waals surface area contributed by atoms with Gasteiger partial charge in [-0.3, -0.25) is 14.2 Å². The molecule has 8 nitrogen and oxygen atoms in total. The molecule has 1 aliphatic rings. The van der Waals surface area contributed by atoms with Gasteiger partial charge in [0.2, 0.25) is 0 Å². The van der Waals surface area contributed by atoms with E-state index in [1.165, 1.54) is 22.2 Å². The molecule has 9 heteroatoms. The molecule has 28 heavy (non-hydrogen) atoms. The number of carbonyl (C=O) groups excluding carboxylic acids is 2. The van der Waals surface area contributed by atoms with Crippen LogP contribution in [-0.2, 0) is 11.3 Å². The third-order valence-corrected chi connectivity index (χ3v) is 5.86. The molecule has 2 amide bonds. The maximum Gasteiger partial charge on any atom is 0.410 e. The molecule has 2 aromatic rings. The number of hydrogen-bond acceptors (Lipinski definition) is 6. The van der Waals surface area contributed by atoms with Crippen LogP contribution in [0.3, 0.4) is 0 Å². The fourth-order valence-electron chi connectivity index (χ4n) is 3.15. The lowest BCUT2D eigenvalue weighted by Crippen LogP contribution is -2.51. The van der Waals surface area contributed by atoms with Crippen LogP contribution in [0.25, 0.3) is 10.2 Å². The number of rotatable bonds is 2. The highest BCUT2D eigenvalue weighted by atomic mass is 32.1. The Bertz CT molecular complexity index is 965. The molecule has 2 aromatic heterocycles. The summed E-state index contributed by atoms with van der Waals surface area (Å²) in [5.41, 5.74) is 0.0197. The second-order valence-corrected chi connectivity index (χ2v) is 8.83. The molecule has 0 spiro atoms. The number of piperazine rings is 1. The molecule has 0 radical (unpaired) electrons. The predicted octanol–water partition coefficient (Wildman–Crippen LogP) is 2.48. The fourth-order valence-corrected chi connectivity index (χ4v) is 4.26. The van der Waals surface area contributed by atoms with Gasteiger partial charge in [-0.05, 0) is 40.2 Å². The van der Waals surface area contributed by atoms with Crippen molar-refractivity contribution in [3.8, 4) is 0 Å². The Labute approximate surface area is 167 Å². The number of thiophene rings is 1. The van der Waals surface area contributed by atoms with Gasteiger partial charge in [-0.25, -0.2) is 9.78 Å². The summed E-state index contributed by atoms with van der Waals surface area (Å²) in [6.45, 7) is 11.4. The maximum absolute atomic E-state index is 13.0. The molecule has 0 unspecified atom stereocenters. The normalized spacial score (nSPS) is 15.2. The molecule has 1 saturated heterocycles. The van der Waals surface area contributed by atoms with E-state index < -0.39 is 5.60 Å². The molecule has 1 fully saturated rings. The van der Waals surface area contributed by atoms with Gasteiger partial charge in [0.1, 0.15) is 10.4 Å². The minimum Gasteiger partial charge on any atom is -0.444 e. The second kappa shape index (κ2) is 7.54. The summed E-state index contributed by atoms with van der Waals surface area (Å²) in [6, 6.07) is 0. The first kappa shape index (κ1) is 20.3. The lowest BCUT2D eigenvalue weighted by Gasteiger charge is -2.35. The number of amides is 2. The van der Waals surface area contributed by atoms with E-state index in [2.05, 4.69) is 4.98 Å². The Balaban J connectivity index is 1.76. The third-order valence-electron chi connectivity index (χ3n) is 4.67. The van der Waals surface area contributed by atoms with Crippen LogP contribution < -0.4 is 5.56 Å². The molecule has 0 aromatic carbocycles. The summed E-state index contributed by atoms with van der Waals surface area (Å²) < 4.78 is 6.93. The molecule has 0 bridgehead atoms. The summed E-state index contributed by atoms with van der Waals surface area (Å²) in [4.78, 5) is 46.6. The number of hydrogen-bond donors (Lipinski definition) is 0. The van der Waals surface area contributed by atoms with Gasteiger partial charge in [-0.1, -0.05) is 0 Å². The van der Waals surface area contributed by atoms with E-state index in [-0.39, 0.29) is 17.6 Å². The molecule has 1 aliphatic heterocycles. The molecule has 3 heterocycles. The van der Waals surface area contributed by atoms with Crippen molar-refractivity contribution in [3.05, 3.63) is 27.1 Å². The predicted molar refractivity (Wildman–Crippen MR) is 108 cm³/mol. The summed E-state index contributed by atoms with van der Waals surface area (Å²) in [5.74, 6) is -0.119. The van der Waals surface area contributed by atoms with Gasteiger partial charge in [0.05, 0.1) is 16.6 Å². The van der Waals surface area contributed by atoms with Crippen molar-refractivity contribution in [2.75, 3.05) is 26.2 Å².